The first-order chi connectivity index (χ1) is 11.3. The van der Waals surface area contributed by atoms with E-state index in [2.05, 4.69) is 0 Å². The van der Waals surface area contributed by atoms with Crippen LogP contribution in [0.1, 0.15) is 77.0 Å². The van der Waals surface area contributed by atoms with Crippen LogP contribution in [-0.4, -0.2) is 22.3 Å². The Morgan fingerprint density at radius 3 is 0.880 bits per heavy atom. The molecule has 2 rings (SSSR count). The summed E-state index contributed by atoms with van der Waals surface area (Å²) in [6.45, 7) is 0. The zero-order valence-corrected chi connectivity index (χ0v) is 16.7. The molecule has 2 fully saturated rings. The fraction of sp³-hybridized carbons (Fsp3) is 1.00. The molecular weight excluding hydrogens is 515 g/mol. The Hall–Kier alpha value is -0.992. The summed E-state index contributed by atoms with van der Waals surface area (Å²) in [7, 11) is 0. The number of nitrogens with zero attached hydrogens (tertiary/aromatic N) is 2. The minimum absolute atomic E-state index is 0. The van der Waals surface area contributed by atoms with Gasteiger partial charge in [-0.25, -0.2) is 0 Å². The molecule has 0 aliphatic heterocycles. The molecule has 0 atom stereocenters. The van der Waals surface area contributed by atoms with Gasteiger partial charge in [-0.3, -0.25) is 0 Å². The van der Waals surface area contributed by atoms with E-state index in [0.717, 1.165) is 0 Å². The Labute approximate surface area is 162 Å². The van der Waals surface area contributed by atoms with E-state index in [4.69, 9.17) is 42.1 Å². The molecule has 0 spiro atoms. The van der Waals surface area contributed by atoms with E-state index < -0.39 is 10.2 Å². The van der Waals surface area contributed by atoms with Gasteiger partial charge >= 0.3 is 21.1 Å². The first kappa shape index (κ1) is 28.8. The van der Waals surface area contributed by atoms with Crippen molar-refractivity contribution in [3.8, 4) is 0 Å². The molecule has 0 radical (unpaired) electrons. The van der Waals surface area contributed by atoms with Crippen molar-refractivity contribution in [1.82, 2.24) is 0 Å². The monoisotopic (exact) mass is 545 g/mol. The summed E-state index contributed by atoms with van der Waals surface area (Å²) in [4.78, 5) is 16.5. The molecule has 0 amide bonds. The summed E-state index contributed by atoms with van der Waals surface area (Å²) < 4.78 is 0. The van der Waals surface area contributed by atoms with E-state index in [1.807, 2.05) is 0 Å². The fourth-order valence-electron chi connectivity index (χ4n) is 2.62. The molecule has 0 bridgehead atoms. The molecule has 4 N–H and O–H groups in total. The number of hydrogen-bond donors (Lipinski definition) is 2. The van der Waals surface area contributed by atoms with Crippen molar-refractivity contribution in [2.24, 2.45) is 11.5 Å². The van der Waals surface area contributed by atoms with Crippen LogP contribution in [0.25, 0.3) is 0 Å². The molecule has 2 aliphatic rings. The largest absolute Gasteiger partial charge is 2.00 e. The Morgan fingerprint density at radius 1 is 0.560 bits per heavy atom. The zero-order chi connectivity index (χ0) is 18.8. The second-order valence-electron chi connectivity index (χ2n) is 5.95. The van der Waals surface area contributed by atoms with Crippen molar-refractivity contribution in [1.29, 1.82) is 0 Å². The van der Waals surface area contributed by atoms with E-state index in [1.54, 1.807) is 0 Å². The average Bonchev–Trinajstić information content (AvgIpc) is 2.82. The minimum atomic E-state index is -1.75. The van der Waals surface area contributed by atoms with Gasteiger partial charge in [0.15, 0.2) is 0 Å². The van der Waals surface area contributed by atoms with Crippen molar-refractivity contribution < 1.29 is 31.2 Å². The first-order valence-electron chi connectivity index (χ1n) is 8.40. The molecule has 0 aromatic heterocycles. The van der Waals surface area contributed by atoms with Crippen LogP contribution in [0.15, 0.2) is 0 Å². The quantitative estimate of drug-likeness (QED) is 0.264. The molecular formula is C14H30N4O6Pt. The third kappa shape index (κ3) is 35.1. The van der Waals surface area contributed by atoms with Gasteiger partial charge in [0.25, 0.3) is 0 Å². The third-order valence-electron chi connectivity index (χ3n) is 3.80. The maximum Gasteiger partial charge on any atom is 2.00 e. The Bertz CT molecular complexity index is 272. The van der Waals surface area contributed by atoms with Gasteiger partial charge in [-0.15, -0.1) is 0 Å². The smallest absolute Gasteiger partial charge is 0.356 e. The topological polar surface area (TPSA) is 184 Å². The summed E-state index contributed by atoms with van der Waals surface area (Å²) in [5.74, 6) is 0. The molecule has 0 heterocycles. The molecule has 0 aromatic rings. The van der Waals surface area contributed by atoms with Crippen LogP contribution in [-0.2, 0) is 21.1 Å². The van der Waals surface area contributed by atoms with Gasteiger partial charge in [0.1, 0.15) is 0 Å². The summed E-state index contributed by atoms with van der Waals surface area (Å²) in [6.07, 6.45) is 16.1. The van der Waals surface area contributed by atoms with Crippen molar-refractivity contribution in [3.05, 3.63) is 30.6 Å². The van der Waals surface area contributed by atoms with Crippen LogP contribution in [0.3, 0.4) is 0 Å². The molecule has 152 valence electrons. The Balaban J connectivity index is -0.000000270. The van der Waals surface area contributed by atoms with E-state index in [-0.39, 0.29) is 21.1 Å². The third-order valence-corrected chi connectivity index (χ3v) is 3.80. The summed E-state index contributed by atoms with van der Waals surface area (Å²) in [5, 5.41) is 29.5. The normalized spacial score (nSPS) is 18.0. The standard InChI is InChI=1S/2C7H15N.2NO3.Pt/c2*8-7-5-3-1-2-4-6-7;2*2-1(3)4;/h2*7H,1-6,8H2;;;/q;;2*-1;+2. The van der Waals surface area contributed by atoms with E-state index in [1.165, 1.54) is 77.0 Å². The van der Waals surface area contributed by atoms with Gasteiger partial charge in [-0.2, -0.15) is 0 Å². The van der Waals surface area contributed by atoms with E-state index in [9.17, 15) is 0 Å². The second-order valence-corrected chi connectivity index (χ2v) is 5.95. The van der Waals surface area contributed by atoms with E-state index >= 15 is 0 Å². The van der Waals surface area contributed by atoms with Gasteiger partial charge in [0, 0.05) is 12.1 Å². The molecule has 10 nitrogen and oxygen atoms in total. The molecule has 0 saturated heterocycles. The number of nitrogens with two attached hydrogens (primary N) is 2. The molecule has 11 heteroatoms. The van der Waals surface area contributed by atoms with Gasteiger partial charge < -0.3 is 42.1 Å². The predicted molar refractivity (Wildman–Crippen MR) is 92.1 cm³/mol. The van der Waals surface area contributed by atoms with Crippen LogP contribution in [0.2, 0.25) is 0 Å². The SMILES string of the molecule is NC1CCCCCC1.NC1CCCCCC1.O=[N+]([O-])[O-].O=[N+]([O-])[O-].[Pt+2]. The van der Waals surface area contributed by atoms with Crippen LogP contribution < -0.4 is 11.5 Å². The molecule has 2 saturated carbocycles. The second kappa shape index (κ2) is 21.1. The summed E-state index contributed by atoms with van der Waals surface area (Å²) >= 11 is 0. The summed E-state index contributed by atoms with van der Waals surface area (Å²) in [6, 6.07) is 1.05. The summed E-state index contributed by atoms with van der Waals surface area (Å²) in [5.41, 5.74) is 11.5. The molecule has 0 unspecified atom stereocenters. The van der Waals surface area contributed by atoms with E-state index in [0.29, 0.717) is 12.1 Å². The Kier molecular flexibility index (Phi) is 24.2. The fourth-order valence-corrected chi connectivity index (χ4v) is 2.62. The first-order valence-corrected chi connectivity index (χ1v) is 8.40. The van der Waals surface area contributed by atoms with Gasteiger partial charge in [0.05, 0.1) is 10.2 Å². The predicted octanol–water partition coefficient (Wildman–Crippen LogP) is 2.86. The maximum atomic E-state index is 8.25. The van der Waals surface area contributed by atoms with Gasteiger partial charge in [-0.05, 0) is 25.7 Å². The van der Waals surface area contributed by atoms with Crippen molar-refractivity contribution >= 4 is 0 Å². The van der Waals surface area contributed by atoms with Gasteiger partial charge in [-0.1, -0.05) is 51.4 Å². The van der Waals surface area contributed by atoms with Crippen LogP contribution >= 0.6 is 0 Å². The van der Waals surface area contributed by atoms with Crippen LogP contribution in [0, 0.1) is 30.6 Å². The number of hydrogen-bond acceptors (Lipinski definition) is 8. The van der Waals surface area contributed by atoms with Gasteiger partial charge in [0.2, 0.25) is 0 Å². The zero-order valence-electron chi connectivity index (χ0n) is 14.5. The average molecular weight is 545 g/mol. The van der Waals surface area contributed by atoms with Crippen molar-refractivity contribution in [3.63, 3.8) is 0 Å². The Morgan fingerprint density at radius 2 is 0.720 bits per heavy atom. The molecule has 0 aromatic carbocycles. The minimum Gasteiger partial charge on any atom is -0.356 e. The maximum absolute atomic E-state index is 8.25. The van der Waals surface area contributed by atoms with Crippen LogP contribution in [0.5, 0.6) is 0 Å². The van der Waals surface area contributed by atoms with Crippen molar-refractivity contribution in [2.75, 3.05) is 0 Å². The molecule has 25 heavy (non-hydrogen) atoms. The number of rotatable bonds is 0. The molecule has 2 aliphatic carbocycles. The van der Waals surface area contributed by atoms with Crippen LogP contribution in [0.4, 0.5) is 0 Å². The van der Waals surface area contributed by atoms with Crippen molar-refractivity contribution in [2.45, 2.75) is 89.1 Å².